The molecule has 0 radical (unpaired) electrons. The minimum absolute atomic E-state index is 0.189. The topological polar surface area (TPSA) is 63.5 Å². The summed E-state index contributed by atoms with van der Waals surface area (Å²) < 4.78 is 20.9. The SMILES string of the molecule is COc1ccc2c(CNCc3ccc(C)cc3)c(C(=O)O)n(Cc3cccc(F)c3)c2c1. The lowest BCUT2D eigenvalue weighted by Crippen LogP contribution is -2.17. The molecule has 0 fully saturated rings. The van der Waals surface area contributed by atoms with Crippen molar-refractivity contribution in [1.29, 1.82) is 0 Å². The second-order valence-electron chi connectivity index (χ2n) is 7.82. The zero-order valence-electron chi connectivity index (χ0n) is 18.1. The molecule has 0 saturated heterocycles. The van der Waals surface area contributed by atoms with Crippen LogP contribution < -0.4 is 10.1 Å². The molecule has 164 valence electrons. The van der Waals surface area contributed by atoms with Crippen LogP contribution in [0.3, 0.4) is 0 Å². The average molecular weight is 432 g/mol. The van der Waals surface area contributed by atoms with E-state index in [9.17, 15) is 14.3 Å². The van der Waals surface area contributed by atoms with Gasteiger partial charge in [-0.1, -0.05) is 42.0 Å². The van der Waals surface area contributed by atoms with E-state index in [1.807, 2.05) is 25.1 Å². The summed E-state index contributed by atoms with van der Waals surface area (Å²) in [4.78, 5) is 12.3. The minimum Gasteiger partial charge on any atom is -0.497 e. The number of benzene rings is 3. The zero-order valence-corrected chi connectivity index (χ0v) is 18.1. The van der Waals surface area contributed by atoms with E-state index in [0.29, 0.717) is 30.0 Å². The van der Waals surface area contributed by atoms with E-state index in [1.54, 1.807) is 23.8 Å². The molecule has 32 heavy (non-hydrogen) atoms. The molecule has 4 rings (SSSR count). The second-order valence-corrected chi connectivity index (χ2v) is 7.82. The molecular weight excluding hydrogens is 407 g/mol. The molecule has 3 aromatic carbocycles. The average Bonchev–Trinajstić information content (AvgIpc) is 3.08. The van der Waals surface area contributed by atoms with E-state index in [4.69, 9.17) is 4.74 Å². The van der Waals surface area contributed by atoms with Crippen LogP contribution in [0.25, 0.3) is 10.9 Å². The first-order valence-corrected chi connectivity index (χ1v) is 10.4. The Balaban J connectivity index is 1.74. The lowest BCUT2D eigenvalue weighted by molar-refractivity contribution is 0.0684. The van der Waals surface area contributed by atoms with Gasteiger partial charge in [0.1, 0.15) is 17.3 Å². The molecule has 1 aromatic heterocycles. The fourth-order valence-corrected chi connectivity index (χ4v) is 3.97. The number of hydrogen-bond donors (Lipinski definition) is 2. The largest absolute Gasteiger partial charge is 0.497 e. The van der Waals surface area contributed by atoms with Crippen molar-refractivity contribution in [2.24, 2.45) is 0 Å². The number of nitrogens with one attached hydrogen (secondary N) is 1. The van der Waals surface area contributed by atoms with Crippen molar-refractivity contribution in [2.75, 3.05) is 7.11 Å². The van der Waals surface area contributed by atoms with Crippen LogP contribution in [0.1, 0.15) is 32.7 Å². The molecule has 0 spiro atoms. The lowest BCUT2D eigenvalue weighted by Gasteiger charge is -2.10. The Morgan fingerprint density at radius 1 is 1.03 bits per heavy atom. The zero-order chi connectivity index (χ0) is 22.7. The number of aromatic nitrogens is 1. The number of rotatable bonds is 8. The van der Waals surface area contributed by atoms with E-state index < -0.39 is 5.97 Å². The summed E-state index contributed by atoms with van der Waals surface area (Å²) in [5.41, 5.74) is 4.62. The monoisotopic (exact) mass is 432 g/mol. The third kappa shape index (κ3) is 4.50. The fourth-order valence-electron chi connectivity index (χ4n) is 3.97. The van der Waals surface area contributed by atoms with Gasteiger partial charge >= 0.3 is 5.97 Å². The highest BCUT2D eigenvalue weighted by Crippen LogP contribution is 2.31. The third-order valence-electron chi connectivity index (χ3n) is 5.56. The van der Waals surface area contributed by atoms with Crippen molar-refractivity contribution in [1.82, 2.24) is 9.88 Å². The number of halogens is 1. The maximum atomic E-state index is 13.8. The van der Waals surface area contributed by atoms with Crippen molar-refractivity contribution in [3.8, 4) is 5.75 Å². The number of aromatic carboxylic acids is 1. The number of fused-ring (bicyclic) bond motifs is 1. The number of carbonyl (C=O) groups is 1. The van der Waals surface area contributed by atoms with E-state index in [0.717, 1.165) is 16.5 Å². The Morgan fingerprint density at radius 3 is 2.50 bits per heavy atom. The smallest absolute Gasteiger partial charge is 0.352 e. The third-order valence-corrected chi connectivity index (χ3v) is 5.56. The predicted molar refractivity (Wildman–Crippen MR) is 123 cm³/mol. The molecule has 0 unspecified atom stereocenters. The number of ether oxygens (including phenoxy) is 1. The van der Waals surface area contributed by atoms with Gasteiger partial charge in [0.05, 0.1) is 12.6 Å². The van der Waals surface area contributed by atoms with Crippen LogP contribution in [0, 0.1) is 12.7 Å². The molecule has 0 atom stereocenters. The lowest BCUT2D eigenvalue weighted by atomic mass is 10.1. The van der Waals surface area contributed by atoms with E-state index in [-0.39, 0.29) is 18.1 Å². The predicted octanol–water partition coefficient (Wildman–Crippen LogP) is 5.13. The Labute approximate surface area is 186 Å². The molecule has 0 saturated carbocycles. The van der Waals surface area contributed by atoms with Gasteiger partial charge in [-0.15, -0.1) is 0 Å². The quantitative estimate of drug-likeness (QED) is 0.405. The summed E-state index contributed by atoms with van der Waals surface area (Å²) >= 11 is 0. The van der Waals surface area contributed by atoms with Crippen LogP contribution in [0.15, 0.2) is 66.7 Å². The highest BCUT2D eigenvalue weighted by atomic mass is 19.1. The summed E-state index contributed by atoms with van der Waals surface area (Å²) in [6, 6.07) is 20.0. The van der Waals surface area contributed by atoms with Gasteiger partial charge in [-0.05, 0) is 42.3 Å². The Hall–Kier alpha value is -3.64. The van der Waals surface area contributed by atoms with Gasteiger partial charge in [0.15, 0.2) is 0 Å². The Bertz CT molecular complexity index is 1260. The molecule has 0 amide bonds. The summed E-state index contributed by atoms with van der Waals surface area (Å²) in [6.07, 6.45) is 0. The van der Waals surface area contributed by atoms with Crippen LogP contribution >= 0.6 is 0 Å². The normalized spacial score (nSPS) is 11.1. The van der Waals surface area contributed by atoms with E-state index in [1.165, 1.54) is 17.7 Å². The standard InChI is InChI=1S/C26H25FN2O3/c1-17-6-8-18(9-7-17)14-28-15-23-22-11-10-21(32-2)13-24(22)29(25(23)26(30)31)16-19-4-3-5-20(27)12-19/h3-13,28H,14-16H2,1-2H3,(H,30,31). The number of carboxylic acid groups (broad SMARTS) is 1. The van der Waals surface area contributed by atoms with Crippen molar-refractivity contribution in [3.05, 3.63) is 100 Å². The van der Waals surface area contributed by atoms with Crippen molar-refractivity contribution in [3.63, 3.8) is 0 Å². The first-order valence-electron chi connectivity index (χ1n) is 10.4. The molecule has 4 aromatic rings. The molecule has 0 bridgehead atoms. The fraction of sp³-hybridized carbons (Fsp3) is 0.192. The summed E-state index contributed by atoms with van der Waals surface area (Å²) in [6.45, 7) is 3.28. The molecule has 0 aliphatic carbocycles. The number of carboxylic acids is 1. The van der Waals surface area contributed by atoms with Gasteiger partial charge in [-0.2, -0.15) is 0 Å². The highest BCUT2D eigenvalue weighted by molar-refractivity contribution is 5.98. The number of hydrogen-bond acceptors (Lipinski definition) is 3. The van der Waals surface area contributed by atoms with Crippen LogP contribution in [0.5, 0.6) is 5.75 Å². The number of nitrogens with zero attached hydrogens (tertiary/aromatic N) is 1. The van der Waals surface area contributed by atoms with Gasteiger partial charge in [0, 0.05) is 36.7 Å². The Kier molecular flexibility index (Phi) is 6.23. The number of aryl methyl sites for hydroxylation is 1. The van der Waals surface area contributed by atoms with Gasteiger partial charge in [0.2, 0.25) is 0 Å². The van der Waals surface area contributed by atoms with Gasteiger partial charge < -0.3 is 19.7 Å². The maximum absolute atomic E-state index is 13.8. The van der Waals surface area contributed by atoms with Gasteiger partial charge in [0.25, 0.3) is 0 Å². The van der Waals surface area contributed by atoms with Crippen molar-refractivity contribution < 1.29 is 19.0 Å². The molecule has 2 N–H and O–H groups in total. The van der Waals surface area contributed by atoms with E-state index >= 15 is 0 Å². The second kappa shape index (κ2) is 9.24. The molecule has 0 aliphatic heterocycles. The molecule has 5 nitrogen and oxygen atoms in total. The van der Waals surface area contributed by atoms with E-state index in [2.05, 4.69) is 29.6 Å². The first-order chi connectivity index (χ1) is 15.5. The molecule has 0 aliphatic rings. The van der Waals surface area contributed by atoms with Crippen LogP contribution in [-0.4, -0.2) is 22.8 Å². The van der Waals surface area contributed by atoms with Gasteiger partial charge in [-0.3, -0.25) is 0 Å². The van der Waals surface area contributed by atoms with Crippen molar-refractivity contribution >= 4 is 16.9 Å². The summed E-state index contributed by atoms with van der Waals surface area (Å²) in [5, 5.41) is 14.3. The minimum atomic E-state index is -1.02. The number of methoxy groups -OCH3 is 1. The van der Waals surface area contributed by atoms with Crippen molar-refractivity contribution in [2.45, 2.75) is 26.6 Å². The molecular formula is C26H25FN2O3. The van der Waals surface area contributed by atoms with Crippen LogP contribution in [-0.2, 0) is 19.6 Å². The first kappa shape index (κ1) is 21.6. The maximum Gasteiger partial charge on any atom is 0.352 e. The Morgan fingerprint density at radius 2 is 1.81 bits per heavy atom. The molecule has 1 heterocycles. The summed E-state index contributed by atoms with van der Waals surface area (Å²) in [7, 11) is 1.57. The van der Waals surface area contributed by atoms with Gasteiger partial charge in [-0.25, -0.2) is 9.18 Å². The summed E-state index contributed by atoms with van der Waals surface area (Å²) in [5.74, 6) is -0.747. The van der Waals surface area contributed by atoms with Crippen LogP contribution in [0.4, 0.5) is 4.39 Å². The highest BCUT2D eigenvalue weighted by Gasteiger charge is 2.23. The molecule has 6 heteroatoms. The van der Waals surface area contributed by atoms with Crippen LogP contribution in [0.2, 0.25) is 0 Å².